The molecule has 10 atom stereocenters. The van der Waals surface area contributed by atoms with Crippen LogP contribution < -0.4 is 9.47 Å². The number of hydrogen-bond acceptors (Lipinski definition) is 13. The van der Waals surface area contributed by atoms with Gasteiger partial charge in [0.05, 0.1) is 12.7 Å². The van der Waals surface area contributed by atoms with Crippen LogP contribution in [0.25, 0.3) is 12.2 Å². The highest BCUT2D eigenvalue weighted by Crippen LogP contribution is 2.40. The van der Waals surface area contributed by atoms with Crippen molar-refractivity contribution in [2.45, 2.75) is 68.3 Å². The van der Waals surface area contributed by atoms with Crippen molar-refractivity contribution in [1.82, 2.24) is 0 Å². The van der Waals surface area contributed by atoms with E-state index in [1.807, 2.05) is 0 Å². The summed E-state index contributed by atoms with van der Waals surface area (Å²) in [7, 11) is 0. The summed E-state index contributed by atoms with van der Waals surface area (Å²) in [6, 6.07) is 8.54. The highest BCUT2D eigenvalue weighted by molar-refractivity contribution is 5.75. The number of benzene rings is 2. The molecule has 2 aromatic carbocycles. The molecule has 4 rings (SSSR count). The second kappa shape index (κ2) is 12.0. The van der Waals surface area contributed by atoms with Crippen LogP contribution in [-0.2, 0) is 9.47 Å². The highest BCUT2D eigenvalue weighted by atomic mass is 16.7. The first-order chi connectivity index (χ1) is 18.5. The van der Waals surface area contributed by atoms with Crippen molar-refractivity contribution < 1.29 is 64.9 Å². The topological polar surface area (TPSA) is 219 Å². The van der Waals surface area contributed by atoms with Gasteiger partial charge in [0.1, 0.15) is 54.2 Å². The molecule has 0 bridgehead atoms. The standard InChI is InChI=1S/C26H32O13/c1-11-18(30)20(32)22(34)25(36-11)37-16-9-15(29)8-13(5-2-12-3-6-14(28)7-4-12)24(16)39-26-23(35)21(33)19(31)17(10-27)38-26/h2-9,11,17-23,25-35H,10H2,1H3/b5-2+/t11-,17+,18-,19+,20+,21-,22+,23+,25-,26-/m0/s1. The Morgan fingerprint density at radius 2 is 1.33 bits per heavy atom. The molecule has 0 aromatic heterocycles. The van der Waals surface area contributed by atoms with Gasteiger partial charge in [0.15, 0.2) is 11.5 Å². The SMILES string of the molecule is C[C@@H]1O[C@@H](Oc2cc(O)cc(/C=C/c3ccc(O)cc3)c2O[C@@H]2O[C@H](CO)[C@@H](O)[C@H](O)[C@H]2O)[C@H](O)[C@H](O)[C@H]1O. The minimum absolute atomic E-state index is 0.0550. The van der Waals surface area contributed by atoms with Crippen molar-refractivity contribution in [3.63, 3.8) is 0 Å². The Bertz CT molecular complexity index is 1140. The smallest absolute Gasteiger partial charge is 0.229 e. The van der Waals surface area contributed by atoms with Gasteiger partial charge < -0.3 is 64.9 Å². The van der Waals surface area contributed by atoms with Gasteiger partial charge in [-0.15, -0.1) is 0 Å². The minimum atomic E-state index is -1.77. The highest BCUT2D eigenvalue weighted by Gasteiger charge is 2.46. The fourth-order valence-corrected chi connectivity index (χ4v) is 4.23. The van der Waals surface area contributed by atoms with E-state index in [2.05, 4.69) is 0 Å². The van der Waals surface area contributed by atoms with Gasteiger partial charge in [0.25, 0.3) is 0 Å². The van der Waals surface area contributed by atoms with Crippen molar-refractivity contribution >= 4 is 12.2 Å². The van der Waals surface area contributed by atoms with Crippen molar-refractivity contribution in [2.75, 3.05) is 6.61 Å². The molecule has 2 saturated heterocycles. The van der Waals surface area contributed by atoms with Crippen LogP contribution in [0, 0.1) is 0 Å². The molecule has 2 fully saturated rings. The van der Waals surface area contributed by atoms with Gasteiger partial charge in [-0.05, 0) is 30.7 Å². The lowest BCUT2D eigenvalue weighted by Crippen LogP contribution is -2.60. The van der Waals surface area contributed by atoms with E-state index in [-0.39, 0.29) is 28.6 Å². The molecule has 13 nitrogen and oxygen atoms in total. The van der Waals surface area contributed by atoms with Gasteiger partial charge in [0, 0.05) is 11.6 Å². The molecule has 2 aromatic rings. The second-order valence-electron chi connectivity index (χ2n) is 9.40. The zero-order chi connectivity index (χ0) is 28.4. The Balaban J connectivity index is 1.72. The van der Waals surface area contributed by atoms with Gasteiger partial charge >= 0.3 is 0 Å². The molecule has 0 saturated carbocycles. The molecule has 39 heavy (non-hydrogen) atoms. The summed E-state index contributed by atoms with van der Waals surface area (Å²) in [5.41, 5.74) is 0.809. The van der Waals surface area contributed by atoms with Gasteiger partial charge in [-0.3, -0.25) is 0 Å². The van der Waals surface area contributed by atoms with E-state index in [9.17, 15) is 46.0 Å². The van der Waals surface area contributed by atoms with Crippen LogP contribution in [-0.4, -0.2) is 114 Å². The Labute approximate surface area is 222 Å². The molecule has 214 valence electrons. The summed E-state index contributed by atoms with van der Waals surface area (Å²) in [6.45, 7) is 0.757. The number of phenols is 2. The maximum atomic E-state index is 10.5. The molecule has 2 aliphatic rings. The van der Waals surface area contributed by atoms with Crippen LogP contribution in [0.3, 0.4) is 0 Å². The number of phenolic OH excluding ortho intramolecular Hbond substituents is 2. The number of aliphatic hydroxyl groups excluding tert-OH is 7. The summed E-state index contributed by atoms with van der Waals surface area (Å²) in [5, 5.41) is 90.9. The Hall–Kier alpha value is -2.98. The third-order valence-electron chi connectivity index (χ3n) is 6.55. The predicted octanol–water partition coefficient (Wildman–Crippen LogP) is -1.35. The molecule has 2 heterocycles. The Morgan fingerprint density at radius 3 is 1.97 bits per heavy atom. The Morgan fingerprint density at radius 1 is 0.718 bits per heavy atom. The molecule has 13 heteroatoms. The van der Waals surface area contributed by atoms with Crippen LogP contribution in [0.2, 0.25) is 0 Å². The first kappa shape index (κ1) is 29.0. The fraction of sp³-hybridized carbons (Fsp3) is 0.462. The third kappa shape index (κ3) is 6.27. The Kier molecular flexibility index (Phi) is 8.96. The molecule has 0 amide bonds. The summed E-state index contributed by atoms with van der Waals surface area (Å²) < 4.78 is 22.6. The quantitative estimate of drug-likeness (QED) is 0.182. The zero-order valence-corrected chi connectivity index (χ0v) is 20.8. The lowest BCUT2D eigenvalue weighted by Gasteiger charge is -2.40. The second-order valence-corrected chi connectivity index (χ2v) is 9.40. The van der Waals surface area contributed by atoms with E-state index in [1.165, 1.54) is 31.2 Å². The number of rotatable bonds is 7. The molecular formula is C26H32O13. The first-order valence-corrected chi connectivity index (χ1v) is 12.2. The number of aliphatic hydroxyl groups is 7. The normalized spacial score (nSPS) is 35.2. The molecule has 0 aliphatic carbocycles. The molecule has 0 spiro atoms. The summed E-state index contributed by atoms with van der Waals surface area (Å²) in [5.74, 6) is -0.664. The van der Waals surface area contributed by atoms with Crippen molar-refractivity contribution in [3.05, 3.63) is 47.5 Å². The molecular weight excluding hydrogens is 520 g/mol. The van der Waals surface area contributed by atoms with Crippen LogP contribution >= 0.6 is 0 Å². The first-order valence-electron chi connectivity index (χ1n) is 12.2. The molecule has 0 unspecified atom stereocenters. The fourth-order valence-electron chi connectivity index (χ4n) is 4.23. The van der Waals surface area contributed by atoms with Crippen molar-refractivity contribution in [3.8, 4) is 23.0 Å². The van der Waals surface area contributed by atoms with Crippen molar-refractivity contribution in [1.29, 1.82) is 0 Å². The van der Waals surface area contributed by atoms with Gasteiger partial charge in [0.2, 0.25) is 12.6 Å². The molecule has 2 aliphatic heterocycles. The van der Waals surface area contributed by atoms with Crippen molar-refractivity contribution in [2.24, 2.45) is 0 Å². The largest absolute Gasteiger partial charge is 0.508 e. The number of aromatic hydroxyl groups is 2. The number of ether oxygens (including phenoxy) is 4. The van der Waals surface area contributed by atoms with E-state index >= 15 is 0 Å². The maximum Gasteiger partial charge on any atom is 0.229 e. The number of hydrogen-bond donors (Lipinski definition) is 9. The molecule has 9 N–H and O–H groups in total. The zero-order valence-electron chi connectivity index (χ0n) is 20.8. The van der Waals surface area contributed by atoms with Crippen LogP contribution in [0.1, 0.15) is 18.1 Å². The van der Waals surface area contributed by atoms with E-state index in [0.29, 0.717) is 5.56 Å². The van der Waals surface area contributed by atoms with E-state index in [4.69, 9.17) is 18.9 Å². The summed E-state index contributed by atoms with van der Waals surface area (Å²) in [4.78, 5) is 0. The van der Waals surface area contributed by atoms with E-state index in [1.54, 1.807) is 18.2 Å². The summed E-state index contributed by atoms with van der Waals surface area (Å²) >= 11 is 0. The monoisotopic (exact) mass is 552 g/mol. The maximum absolute atomic E-state index is 10.5. The molecule has 0 radical (unpaired) electrons. The van der Waals surface area contributed by atoms with E-state index < -0.39 is 68.0 Å². The predicted molar refractivity (Wildman–Crippen MR) is 133 cm³/mol. The minimum Gasteiger partial charge on any atom is -0.508 e. The average molecular weight is 553 g/mol. The van der Waals surface area contributed by atoms with Gasteiger partial charge in [-0.2, -0.15) is 0 Å². The average Bonchev–Trinajstić information content (AvgIpc) is 2.91. The van der Waals surface area contributed by atoms with Crippen LogP contribution in [0.5, 0.6) is 23.0 Å². The summed E-state index contributed by atoms with van der Waals surface area (Å²) in [6.07, 6.45) is -12.1. The van der Waals surface area contributed by atoms with Crippen LogP contribution in [0.15, 0.2) is 36.4 Å². The lowest BCUT2D eigenvalue weighted by molar-refractivity contribution is -0.279. The third-order valence-corrected chi connectivity index (χ3v) is 6.55. The lowest BCUT2D eigenvalue weighted by atomic mass is 9.99. The van der Waals surface area contributed by atoms with Crippen LogP contribution in [0.4, 0.5) is 0 Å². The van der Waals surface area contributed by atoms with E-state index in [0.717, 1.165) is 6.07 Å². The van der Waals surface area contributed by atoms with Gasteiger partial charge in [-0.25, -0.2) is 0 Å². The van der Waals surface area contributed by atoms with Gasteiger partial charge in [-0.1, -0.05) is 24.3 Å².